The fraction of sp³-hybridized carbons (Fsp3) is 0.400. The second kappa shape index (κ2) is 7.69. The summed E-state index contributed by atoms with van der Waals surface area (Å²) in [6.07, 6.45) is 1.02. The van der Waals surface area contributed by atoms with Gasteiger partial charge in [0, 0.05) is 25.6 Å². The lowest BCUT2D eigenvalue weighted by Gasteiger charge is -2.23. The molecule has 0 radical (unpaired) electrons. The number of hydrogen-bond donors (Lipinski definition) is 1. The van der Waals surface area contributed by atoms with Gasteiger partial charge in [0.25, 0.3) is 0 Å². The predicted octanol–water partition coefficient (Wildman–Crippen LogP) is 3.02. The summed E-state index contributed by atoms with van der Waals surface area (Å²) in [5.74, 6) is 1.93. The Labute approximate surface area is 144 Å². The molecule has 1 aliphatic heterocycles. The van der Waals surface area contributed by atoms with Crippen molar-refractivity contribution >= 4 is 0 Å². The topological polar surface area (TPSA) is 33.7 Å². The average molecular weight is 326 g/mol. The highest BCUT2D eigenvalue weighted by Crippen LogP contribution is 2.26. The van der Waals surface area contributed by atoms with Crippen molar-refractivity contribution in [3.05, 3.63) is 59.2 Å². The van der Waals surface area contributed by atoms with Crippen molar-refractivity contribution in [2.45, 2.75) is 19.0 Å². The van der Waals surface area contributed by atoms with Crippen molar-refractivity contribution in [1.82, 2.24) is 10.2 Å². The third-order valence-corrected chi connectivity index (χ3v) is 4.37. The summed E-state index contributed by atoms with van der Waals surface area (Å²) in [5.41, 5.74) is 3.90. The van der Waals surface area contributed by atoms with E-state index in [2.05, 4.69) is 54.6 Å². The molecule has 4 heteroatoms. The van der Waals surface area contributed by atoms with Crippen molar-refractivity contribution in [2.24, 2.45) is 0 Å². The van der Waals surface area contributed by atoms with Gasteiger partial charge in [-0.2, -0.15) is 0 Å². The summed E-state index contributed by atoms with van der Waals surface area (Å²) in [7, 11) is 5.90. The van der Waals surface area contributed by atoms with E-state index in [1.165, 1.54) is 16.7 Å². The maximum atomic E-state index is 5.58. The standard InChI is InChI=1S/C20H26N2O2/c1-22(2)14-19(16-5-7-18(23-3)8-6-16)21-13-15-4-9-20-17(12-15)10-11-24-20/h4-9,12,19,21H,10-11,13-14H2,1-3H3/t19-/m1/s1. The lowest BCUT2D eigenvalue weighted by molar-refractivity contribution is 0.340. The number of benzene rings is 2. The first-order chi connectivity index (χ1) is 11.7. The fourth-order valence-corrected chi connectivity index (χ4v) is 3.08. The molecular formula is C20H26N2O2. The smallest absolute Gasteiger partial charge is 0.122 e. The first-order valence-corrected chi connectivity index (χ1v) is 8.42. The average Bonchev–Trinajstić information content (AvgIpc) is 3.06. The summed E-state index contributed by atoms with van der Waals surface area (Å²) in [6, 6.07) is 15.1. The lowest BCUT2D eigenvalue weighted by Crippen LogP contribution is -2.30. The highest BCUT2D eigenvalue weighted by molar-refractivity contribution is 5.40. The zero-order valence-electron chi connectivity index (χ0n) is 14.7. The molecule has 2 aromatic carbocycles. The first kappa shape index (κ1) is 16.8. The van der Waals surface area contributed by atoms with Crippen LogP contribution in [-0.2, 0) is 13.0 Å². The van der Waals surface area contributed by atoms with Crippen LogP contribution < -0.4 is 14.8 Å². The van der Waals surface area contributed by atoms with E-state index in [0.717, 1.165) is 37.6 Å². The van der Waals surface area contributed by atoms with Gasteiger partial charge in [0.1, 0.15) is 11.5 Å². The van der Waals surface area contributed by atoms with Gasteiger partial charge in [-0.15, -0.1) is 0 Å². The molecule has 0 amide bonds. The summed E-state index contributed by atoms with van der Waals surface area (Å²) in [6.45, 7) is 2.60. The minimum Gasteiger partial charge on any atom is -0.497 e. The molecule has 0 aliphatic carbocycles. The number of ether oxygens (including phenoxy) is 2. The van der Waals surface area contributed by atoms with Crippen LogP contribution in [0.15, 0.2) is 42.5 Å². The second-order valence-corrected chi connectivity index (χ2v) is 6.51. The van der Waals surface area contributed by atoms with E-state index in [1.54, 1.807) is 7.11 Å². The molecule has 0 aromatic heterocycles. The van der Waals surface area contributed by atoms with Gasteiger partial charge in [0.05, 0.1) is 13.7 Å². The summed E-state index contributed by atoms with van der Waals surface area (Å²) < 4.78 is 10.8. The van der Waals surface area contributed by atoms with Crippen molar-refractivity contribution in [3.8, 4) is 11.5 Å². The van der Waals surface area contributed by atoms with E-state index < -0.39 is 0 Å². The molecule has 0 bridgehead atoms. The van der Waals surface area contributed by atoms with Crippen molar-refractivity contribution in [1.29, 1.82) is 0 Å². The number of rotatable bonds is 7. The van der Waals surface area contributed by atoms with Gasteiger partial charge in [-0.3, -0.25) is 0 Å². The van der Waals surface area contributed by atoms with E-state index in [4.69, 9.17) is 9.47 Å². The van der Waals surface area contributed by atoms with Crippen LogP contribution in [0, 0.1) is 0 Å². The monoisotopic (exact) mass is 326 g/mol. The number of fused-ring (bicyclic) bond motifs is 1. The van der Waals surface area contributed by atoms with Crippen LogP contribution >= 0.6 is 0 Å². The molecule has 2 aromatic rings. The Hall–Kier alpha value is -2.04. The molecule has 4 nitrogen and oxygen atoms in total. The van der Waals surface area contributed by atoms with Crippen LogP contribution in [0.1, 0.15) is 22.7 Å². The molecule has 1 heterocycles. The maximum absolute atomic E-state index is 5.58. The Morgan fingerprint density at radius 1 is 1.17 bits per heavy atom. The molecule has 0 saturated carbocycles. The summed E-state index contributed by atoms with van der Waals surface area (Å²) in [4.78, 5) is 2.21. The molecule has 3 rings (SSSR count). The number of hydrogen-bond acceptors (Lipinski definition) is 4. The number of nitrogens with zero attached hydrogens (tertiary/aromatic N) is 1. The zero-order chi connectivity index (χ0) is 16.9. The molecule has 24 heavy (non-hydrogen) atoms. The highest BCUT2D eigenvalue weighted by Gasteiger charge is 2.15. The molecule has 0 unspecified atom stereocenters. The number of likely N-dealkylation sites (N-methyl/N-ethyl adjacent to an activating group) is 1. The molecule has 0 spiro atoms. The fourth-order valence-electron chi connectivity index (χ4n) is 3.08. The van der Waals surface area contributed by atoms with Crippen molar-refractivity contribution in [3.63, 3.8) is 0 Å². The van der Waals surface area contributed by atoms with Crippen molar-refractivity contribution in [2.75, 3.05) is 34.4 Å². The normalized spacial score (nSPS) is 14.3. The Kier molecular flexibility index (Phi) is 5.38. The lowest BCUT2D eigenvalue weighted by atomic mass is 10.0. The first-order valence-electron chi connectivity index (χ1n) is 8.42. The van der Waals surface area contributed by atoms with Gasteiger partial charge < -0.3 is 19.7 Å². The maximum Gasteiger partial charge on any atom is 0.122 e. The molecule has 1 atom stereocenters. The SMILES string of the molecule is COc1ccc([C@@H](CN(C)C)NCc2ccc3c(c2)CCO3)cc1. The zero-order valence-corrected chi connectivity index (χ0v) is 14.7. The summed E-state index contributed by atoms with van der Waals surface area (Å²) >= 11 is 0. The van der Waals surface area contributed by atoms with Gasteiger partial charge >= 0.3 is 0 Å². The summed E-state index contributed by atoms with van der Waals surface area (Å²) in [5, 5.41) is 3.69. The second-order valence-electron chi connectivity index (χ2n) is 6.51. The molecular weight excluding hydrogens is 300 g/mol. The number of methoxy groups -OCH3 is 1. The van der Waals surface area contributed by atoms with Gasteiger partial charge in [-0.05, 0) is 49.0 Å². The number of nitrogens with one attached hydrogen (secondary N) is 1. The van der Waals surface area contributed by atoms with E-state index in [0.29, 0.717) is 0 Å². The van der Waals surface area contributed by atoms with Crippen LogP contribution in [0.25, 0.3) is 0 Å². The van der Waals surface area contributed by atoms with E-state index in [9.17, 15) is 0 Å². The van der Waals surface area contributed by atoms with Gasteiger partial charge in [0.15, 0.2) is 0 Å². The van der Waals surface area contributed by atoms with Crippen LogP contribution in [0.3, 0.4) is 0 Å². The van der Waals surface area contributed by atoms with E-state index in [-0.39, 0.29) is 6.04 Å². The van der Waals surface area contributed by atoms with Crippen LogP contribution in [0.5, 0.6) is 11.5 Å². The molecule has 1 N–H and O–H groups in total. The minimum atomic E-state index is 0.274. The Balaban J connectivity index is 1.69. The Morgan fingerprint density at radius 2 is 1.96 bits per heavy atom. The predicted molar refractivity (Wildman–Crippen MR) is 96.8 cm³/mol. The molecule has 128 valence electrons. The van der Waals surface area contributed by atoms with Crippen LogP contribution in [0.2, 0.25) is 0 Å². The van der Waals surface area contributed by atoms with E-state index >= 15 is 0 Å². The minimum absolute atomic E-state index is 0.274. The van der Waals surface area contributed by atoms with Gasteiger partial charge in [-0.1, -0.05) is 24.3 Å². The molecule has 0 fully saturated rings. The molecule has 1 aliphatic rings. The van der Waals surface area contributed by atoms with Crippen LogP contribution in [0.4, 0.5) is 0 Å². The van der Waals surface area contributed by atoms with Gasteiger partial charge in [-0.25, -0.2) is 0 Å². The molecule has 0 saturated heterocycles. The van der Waals surface area contributed by atoms with Crippen molar-refractivity contribution < 1.29 is 9.47 Å². The van der Waals surface area contributed by atoms with E-state index in [1.807, 2.05) is 12.1 Å². The Bertz CT molecular complexity index is 668. The Morgan fingerprint density at radius 3 is 2.67 bits per heavy atom. The third-order valence-electron chi connectivity index (χ3n) is 4.37. The largest absolute Gasteiger partial charge is 0.497 e. The quantitative estimate of drug-likeness (QED) is 0.848. The van der Waals surface area contributed by atoms with Crippen LogP contribution in [-0.4, -0.2) is 39.3 Å². The highest BCUT2D eigenvalue weighted by atomic mass is 16.5. The third kappa shape index (κ3) is 4.08. The van der Waals surface area contributed by atoms with Gasteiger partial charge in [0.2, 0.25) is 0 Å².